The topological polar surface area (TPSA) is 59.5 Å². The summed E-state index contributed by atoms with van der Waals surface area (Å²) in [7, 11) is 1.55. The average Bonchev–Trinajstić information content (AvgIpc) is 2.62. The fourth-order valence-electron chi connectivity index (χ4n) is 1.62. The number of aromatic nitrogens is 1. The quantitative estimate of drug-likeness (QED) is 0.691. The van der Waals surface area contributed by atoms with E-state index >= 15 is 0 Å². The molecule has 2 heterocycles. The molecular formula is C11H12N2O3. The number of hydrogen-bond donors (Lipinski definition) is 0. The van der Waals surface area contributed by atoms with Gasteiger partial charge in [0.1, 0.15) is 0 Å². The highest BCUT2D eigenvalue weighted by molar-refractivity contribution is 6.37. The monoisotopic (exact) mass is 220 g/mol. The van der Waals surface area contributed by atoms with E-state index in [-0.39, 0.29) is 5.78 Å². The molecule has 0 saturated carbocycles. The zero-order valence-corrected chi connectivity index (χ0v) is 8.97. The maximum Gasteiger partial charge on any atom is 0.290 e. The number of carbonyl (C=O) groups excluding carboxylic acids is 2. The van der Waals surface area contributed by atoms with Crippen LogP contribution in [0.3, 0.4) is 0 Å². The summed E-state index contributed by atoms with van der Waals surface area (Å²) >= 11 is 0. The third-order valence-corrected chi connectivity index (χ3v) is 2.51. The largest absolute Gasteiger partial charge is 0.481 e. The SMILES string of the molecule is COc1ccc(CN2CCC(=O)C2=O)cn1. The molecule has 1 aromatic heterocycles. The van der Waals surface area contributed by atoms with Gasteiger partial charge in [0.25, 0.3) is 5.91 Å². The van der Waals surface area contributed by atoms with E-state index in [0.29, 0.717) is 25.4 Å². The molecule has 1 saturated heterocycles. The van der Waals surface area contributed by atoms with Gasteiger partial charge in [-0.15, -0.1) is 0 Å². The minimum absolute atomic E-state index is 0.304. The van der Waals surface area contributed by atoms with Gasteiger partial charge in [0.05, 0.1) is 7.11 Å². The van der Waals surface area contributed by atoms with Gasteiger partial charge in [0, 0.05) is 31.8 Å². The molecule has 1 aromatic rings. The van der Waals surface area contributed by atoms with E-state index in [2.05, 4.69) is 4.98 Å². The maximum absolute atomic E-state index is 11.4. The number of amides is 1. The molecule has 1 fully saturated rings. The van der Waals surface area contributed by atoms with Gasteiger partial charge in [0.15, 0.2) is 0 Å². The number of nitrogens with zero attached hydrogens (tertiary/aromatic N) is 2. The molecule has 0 aliphatic carbocycles. The van der Waals surface area contributed by atoms with Crippen LogP contribution in [-0.2, 0) is 16.1 Å². The van der Waals surface area contributed by atoms with E-state index in [1.807, 2.05) is 6.07 Å². The number of rotatable bonds is 3. The van der Waals surface area contributed by atoms with Crippen LogP contribution in [0.4, 0.5) is 0 Å². The summed E-state index contributed by atoms with van der Waals surface area (Å²) in [5.74, 6) is -0.162. The molecule has 0 aromatic carbocycles. The Labute approximate surface area is 93.0 Å². The number of likely N-dealkylation sites (tertiary alicyclic amines) is 1. The first-order valence-corrected chi connectivity index (χ1v) is 5.01. The Balaban J connectivity index is 2.04. The summed E-state index contributed by atoms with van der Waals surface area (Å²) in [5.41, 5.74) is 0.892. The van der Waals surface area contributed by atoms with E-state index in [1.54, 1.807) is 19.4 Å². The van der Waals surface area contributed by atoms with Crippen molar-refractivity contribution in [2.75, 3.05) is 13.7 Å². The van der Waals surface area contributed by atoms with Gasteiger partial charge in [-0.3, -0.25) is 9.59 Å². The van der Waals surface area contributed by atoms with Gasteiger partial charge in [0.2, 0.25) is 11.7 Å². The first kappa shape index (κ1) is 10.6. The Morgan fingerprint density at radius 1 is 1.44 bits per heavy atom. The van der Waals surface area contributed by atoms with Gasteiger partial charge in [-0.05, 0) is 5.56 Å². The van der Waals surface area contributed by atoms with Crippen molar-refractivity contribution in [3.8, 4) is 5.88 Å². The van der Waals surface area contributed by atoms with Crippen molar-refractivity contribution in [3.63, 3.8) is 0 Å². The summed E-state index contributed by atoms with van der Waals surface area (Å²) in [6.07, 6.45) is 1.97. The zero-order chi connectivity index (χ0) is 11.5. The van der Waals surface area contributed by atoms with Crippen LogP contribution in [0.5, 0.6) is 5.88 Å². The fraction of sp³-hybridized carbons (Fsp3) is 0.364. The molecule has 1 amide bonds. The molecule has 16 heavy (non-hydrogen) atoms. The number of carbonyl (C=O) groups is 2. The number of ether oxygens (including phenoxy) is 1. The van der Waals surface area contributed by atoms with Crippen LogP contribution >= 0.6 is 0 Å². The summed E-state index contributed by atoms with van der Waals surface area (Å²) in [6, 6.07) is 3.57. The molecule has 0 atom stereocenters. The lowest BCUT2D eigenvalue weighted by Gasteiger charge is -2.13. The molecule has 1 aliphatic heterocycles. The van der Waals surface area contributed by atoms with Crippen molar-refractivity contribution in [1.82, 2.24) is 9.88 Å². The van der Waals surface area contributed by atoms with E-state index in [1.165, 1.54) is 4.90 Å². The number of Topliss-reactive ketones (excluding diaryl/α,β-unsaturated/α-hetero) is 1. The molecule has 5 heteroatoms. The van der Waals surface area contributed by atoms with Crippen LogP contribution < -0.4 is 4.74 Å². The van der Waals surface area contributed by atoms with E-state index < -0.39 is 5.91 Å². The highest BCUT2D eigenvalue weighted by Crippen LogP contribution is 2.13. The second-order valence-corrected chi connectivity index (χ2v) is 3.61. The first-order chi connectivity index (χ1) is 7.70. The lowest BCUT2D eigenvalue weighted by molar-refractivity contribution is -0.140. The van der Waals surface area contributed by atoms with Crippen LogP contribution in [0.1, 0.15) is 12.0 Å². The number of hydrogen-bond acceptors (Lipinski definition) is 4. The standard InChI is InChI=1S/C11H12N2O3/c1-16-10-3-2-8(6-12-10)7-13-5-4-9(14)11(13)15/h2-3,6H,4-5,7H2,1H3. The second-order valence-electron chi connectivity index (χ2n) is 3.61. The van der Waals surface area contributed by atoms with Gasteiger partial charge < -0.3 is 9.64 Å². The molecule has 0 bridgehead atoms. The Bertz CT molecular complexity index is 414. The third kappa shape index (κ3) is 2.03. The predicted octanol–water partition coefficient (Wildman–Crippen LogP) is 0.392. The molecule has 0 N–H and O–H groups in total. The summed E-state index contributed by atoms with van der Waals surface area (Å²) in [6.45, 7) is 0.936. The lowest BCUT2D eigenvalue weighted by atomic mass is 10.2. The minimum Gasteiger partial charge on any atom is -0.481 e. The van der Waals surface area contributed by atoms with Crippen LogP contribution in [0.15, 0.2) is 18.3 Å². The van der Waals surface area contributed by atoms with Crippen molar-refractivity contribution in [2.45, 2.75) is 13.0 Å². The van der Waals surface area contributed by atoms with Crippen molar-refractivity contribution in [2.24, 2.45) is 0 Å². The van der Waals surface area contributed by atoms with Gasteiger partial charge >= 0.3 is 0 Å². The molecule has 84 valence electrons. The molecular weight excluding hydrogens is 208 g/mol. The molecule has 0 spiro atoms. The third-order valence-electron chi connectivity index (χ3n) is 2.51. The molecule has 0 radical (unpaired) electrons. The van der Waals surface area contributed by atoms with Gasteiger partial charge in [-0.1, -0.05) is 6.07 Å². The average molecular weight is 220 g/mol. The van der Waals surface area contributed by atoms with Crippen LogP contribution in [0.2, 0.25) is 0 Å². The van der Waals surface area contributed by atoms with Gasteiger partial charge in [-0.25, -0.2) is 4.98 Å². The fourth-order valence-corrected chi connectivity index (χ4v) is 1.62. The highest BCUT2D eigenvalue weighted by Gasteiger charge is 2.28. The summed E-state index contributed by atoms with van der Waals surface area (Å²) in [4.78, 5) is 28.0. The van der Waals surface area contributed by atoms with Crippen molar-refractivity contribution >= 4 is 11.7 Å². The van der Waals surface area contributed by atoms with Crippen LogP contribution in [0.25, 0.3) is 0 Å². The van der Waals surface area contributed by atoms with E-state index in [4.69, 9.17) is 4.74 Å². The normalized spacial score (nSPS) is 15.7. The number of ketones is 1. The Hall–Kier alpha value is -1.91. The Kier molecular flexibility index (Phi) is 2.85. The summed E-state index contributed by atoms with van der Waals surface area (Å²) < 4.78 is 4.93. The molecule has 1 aliphatic rings. The highest BCUT2D eigenvalue weighted by atomic mass is 16.5. The van der Waals surface area contributed by atoms with Gasteiger partial charge in [-0.2, -0.15) is 0 Å². The predicted molar refractivity (Wildman–Crippen MR) is 55.8 cm³/mol. The lowest BCUT2D eigenvalue weighted by Crippen LogP contribution is -2.26. The molecule has 5 nitrogen and oxygen atoms in total. The maximum atomic E-state index is 11.4. The molecule has 0 unspecified atom stereocenters. The number of methoxy groups -OCH3 is 1. The van der Waals surface area contributed by atoms with E-state index in [9.17, 15) is 9.59 Å². The Morgan fingerprint density at radius 2 is 2.25 bits per heavy atom. The minimum atomic E-state index is -0.393. The summed E-state index contributed by atoms with van der Waals surface area (Å²) in [5, 5.41) is 0. The van der Waals surface area contributed by atoms with Crippen molar-refractivity contribution in [1.29, 1.82) is 0 Å². The molecule has 2 rings (SSSR count). The van der Waals surface area contributed by atoms with Crippen LogP contribution in [-0.4, -0.2) is 35.2 Å². The van der Waals surface area contributed by atoms with Crippen LogP contribution in [0, 0.1) is 0 Å². The smallest absolute Gasteiger partial charge is 0.290 e. The first-order valence-electron chi connectivity index (χ1n) is 5.01. The second kappa shape index (κ2) is 4.30. The number of pyridine rings is 1. The van der Waals surface area contributed by atoms with Crippen molar-refractivity contribution < 1.29 is 14.3 Å². The zero-order valence-electron chi connectivity index (χ0n) is 8.97. The Morgan fingerprint density at radius 3 is 2.75 bits per heavy atom. The van der Waals surface area contributed by atoms with E-state index in [0.717, 1.165) is 5.56 Å². The van der Waals surface area contributed by atoms with Crippen molar-refractivity contribution in [3.05, 3.63) is 23.9 Å².